The Kier molecular flexibility index (Phi) is 3.49. The van der Waals surface area contributed by atoms with E-state index in [1.165, 1.54) is 22.3 Å². The van der Waals surface area contributed by atoms with Gasteiger partial charge in [-0.15, -0.1) is 0 Å². The molecule has 1 aliphatic heterocycles. The molecule has 2 nitrogen and oxygen atoms in total. The van der Waals surface area contributed by atoms with Gasteiger partial charge in [0.05, 0.1) is 0 Å². The minimum Gasteiger partial charge on any atom is -0.490 e. The molecule has 0 aromatic heterocycles. The Balaban J connectivity index is 1.96. The van der Waals surface area contributed by atoms with Crippen LogP contribution in [0, 0.1) is 0 Å². The number of hydrogen-bond acceptors (Lipinski definition) is 2. The molecular formula is C18H21NO. The fraction of sp³-hybridized carbons (Fsp3) is 0.333. The predicted octanol–water partition coefficient (Wildman–Crippen LogP) is 3.96. The number of benzene rings is 2. The minimum atomic E-state index is 0.302. The zero-order valence-corrected chi connectivity index (χ0v) is 12.3. The van der Waals surface area contributed by atoms with Crippen molar-refractivity contribution in [3.63, 3.8) is 0 Å². The molecule has 0 fully saturated rings. The number of nitrogens with one attached hydrogen (secondary N) is 1. The average Bonchev–Trinajstić information content (AvgIpc) is 2.85. The van der Waals surface area contributed by atoms with Gasteiger partial charge in [0.15, 0.2) is 0 Å². The summed E-state index contributed by atoms with van der Waals surface area (Å²) >= 11 is 0. The third kappa shape index (κ3) is 2.44. The Labute approximate surface area is 120 Å². The summed E-state index contributed by atoms with van der Waals surface area (Å²) in [5.41, 5.74) is 5.18. The van der Waals surface area contributed by atoms with E-state index < -0.39 is 0 Å². The summed E-state index contributed by atoms with van der Waals surface area (Å²) in [7, 11) is 1.99. The molecule has 1 N–H and O–H groups in total. The van der Waals surface area contributed by atoms with Crippen LogP contribution in [0.15, 0.2) is 42.5 Å². The largest absolute Gasteiger partial charge is 0.490 e. The first-order chi connectivity index (χ1) is 9.67. The van der Waals surface area contributed by atoms with Gasteiger partial charge in [0.1, 0.15) is 11.9 Å². The lowest BCUT2D eigenvalue weighted by atomic mass is 9.98. The van der Waals surface area contributed by atoms with Crippen molar-refractivity contribution in [1.82, 2.24) is 5.32 Å². The van der Waals surface area contributed by atoms with E-state index in [0.717, 1.165) is 12.2 Å². The SMILES string of the molecule is CNC(C)c1cccc(-c2ccc3c(c2)CC(C)O3)c1. The van der Waals surface area contributed by atoms with Gasteiger partial charge >= 0.3 is 0 Å². The van der Waals surface area contributed by atoms with Gasteiger partial charge in [-0.1, -0.05) is 24.3 Å². The highest BCUT2D eigenvalue weighted by atomic mass is 16.5. The zero-order chi connectivity index (χ0) is 14.1. The first-order valence-corrected chi connectivity index (χ1v) is 7.24. The van der Waals surface area contributed by atoms with Crippen LogP contribution in [0.5, 0.6) is 5.75 Å². The molecule has 0 saturated heterocycles. The van der Waals surface area contributed by atoms with Crippen LogP contribution in [0.1, 0.15) is 31.0 Å². The van der Waals surface area contributed by atoms with Crippen LogP contribution in [0.3, 0.4) is 0 Å². The monoisotopic (exact) mass is 267 g/mol. The number of rotatable bonds is 3. The van der Waals surface area contributed by atoms with Gasteiger partial charge in [-0.3, -0.25) is 0 Å². The van der Waals surface area contributed by atoms with E-state index in [0.29, 0.717) is 12.1 Å². The van der Waals surface area contributed by atoms with E-state index in [1.54, 1.807) is 0 Å². The summed E-state index contributed by atoms with van der Waals surface area (Å²) in [6.45, 7) is 4.30. The first-order valence-electron chi connectivity index (χ1n) is 7.24. The van der Waals surface area contributed by atoms with E-state index in [9.17, 15) is 0 Å². The molecule has 0 amide bonds. The van der Waals surface area contributed by atoms with Crippen molar-refractivity contribution in [2.75, 3.05) is 7.05 Å². The first kappa shape index (κ1) is 13.2. The molecule has 1 aliphatic rings. The topological polar surface area (TPSA) is 21.3 Å². The summed E-state index contributed by atoms with van der Waals surface area (Å²) < 4.78 is 5.77. The van der Waals surface area contributed by atoms with E-state index in [4.69, 9.17) is 4.74 Å². The smallest absolute Gasteiger partial charge is 0.123 e. The quantitative estimate of drug-likeness (QED) is 0.909. The highest BCUT2D eigenvalue weighted by molar-refractivity contribution is 5.67. The fourth-order valence-corrected chi connectivity index (χ4v) is 2.76. The van der Waals surface area contributed by atoms with Crippen LogP contribution >= 0.6 is 0 Å². The van der Waals surface area contributed by atoms with Crippen molar-refractivity contribution < 1.29 is 4.74 Å². The number of hydrogen-bond donors (Lipinski definition) is 1. The van der Waals surface area contributed by atoms with Crippen molar-refractivity contribution in [2.24, 2.45) is 0 Å². The van der Waals surface area contributed by atoms with Crippen LogP contribution in [0.4, 0.5) is 0 Å². The highest BCUT2D eigenvalue weighted by Crippen LogP contribution is 2.33. The molecule has 20 heavy (non-hydrogen) atoms. The maximum absolute atomic E-state index is 5.77. The van der Waals surface area contributed by atoms with Gasteiger partial charge in [0.25, 0.3) is 0 Å². The maximum atomic E-state index is 5.77. The molecular weight excluding hydrogens is 246 g/mol. The highest BCUT2D eigenvalue weighted by Gasteiger charge is 2.19. The average molecular weight is 267 g/mol. The second-order valence-corrected chi connectivity index (χ2v) is 5.59. The van der Waals surface area contributed by atoms with Crippen molar-refractivity contribution in [3.05, 3.63) is 53.6 Å². The number of ether oxygens (including phenoxy) is 1. The molecule has 2 aromatic carbocycles. The molecule has 2 unspecified atom stereocenters. The second kappa shape index (κ2) is 5.29. The molecule has 2 heteroatoms. The van der Waals surface area contributed by atoms with E-state index >= 15 is 0 Å². The summed E-state index contributed by atoms with van der Waals surface area (Å²) in [4.78, 5) is 0. The Morgan fingerprint density at radius 3 is 2.75 bits per heavy atom. The van der Waals surface area contributed by atoms with Crippen LogP contribution in [0.2, 0.25) is 0 Å². The zero-order valence-electron chi connectivity index (χ0n) is 12.3. The van der Waals surface area contributed by atoms with Gasteiger partial charge in [0, 0.05) is 12.5 Å². The van der Waals surface area contributed by atoms with Crippen molar-refractivity contribution in [2.45, 2.75) is 32.4 Å². The van der Waals surface area contributed by atoms with Crippen molar-refractivity contribution >= 4 is 0 Å². The standard InChI is InChI=1S/C18H21NO/c1-12-9-17-11-16(7-8-18(17)20-12)15-6-4-5-14(10-15)13(2)19-3/h4-8,10-13,19H,9H2,1-3H3. The lowest BCUT2D eigenvalue weighted by molar-refractivity contribution is 0.254. The Hall–Kier alpha value is -1.80. The van der Waals surface area contributed by atoms with E-state index in [-0.39, 0.29) is 0 Å². The minimum absolute atomic E-state index is 0.302. The Bertz CT molecular complexity index is 621. The molecule has 0 spiro atoms. The molecule has 2 atom stereocenters. The molecule has 0 radical (unpaired) electrons. The second-order valence-electron chi connectivity index (χ2n) is 5.59. The van der Waals surface area contributed by atoms with Crippen LogP contribution in [-0.2, 0) is 6.42 Å². The fourth-order valence-electron chi connectivity index (χ4n) is 2.76. The molecule has 3 rings (SSSR count). The van der Waals surface area contributed by atoms with Gasteiger partial charge in [0.2, 0.25) is 0 Å². The van der Waals surface area contributed by atoms with Crippen molar-refractivity contribution in [1.29, 1.82) is 0 Å². The Morgan fingerprint density at radius 1 is 1.15 bits per heavy atom. The molecule has 1 heterocycles. The predicted molar refractivity (Wildman–Crippen MR) is 83.1 cm³/mol. The van der Waals surface area contributed by atoms with Crippen LogP contribution < -0.4 is 10.1 Å². The third-order valence-electron chi connectivity index (χ3n) is 4.05. The summed E-state index contributed by atoms with van der Waals surface area (Å²) in [5, 5.41) is 3.29. The molecule has 0 saturated carbocycles. The molecule has 2 aromatic rings. The maximum Gasteiger partial charge on any atom is 0.123 e. The molecule has 104 valence electrons. The van der Waals surface area contributed by atoms with Gasteiger partial charge in [-0.2, -0.15) is 0 Å². The van der Waals surface area contributed by atoms with E-state index in [1.807, 2.05) is 7.05 Å². The van der Waals surface area contributed by atoms with Gasteiger partial charge in [-0.25, -0.2) is 0 Å². The van der Waals surface area contributed by atoms with Crippen LogP contribution in [-0.4, -0.2) is 13.2 Å². The summed E-state index contributed by atoms with van der Waals surface area (Å²) in [6, 6.07) is 15.6. The van der Waals surface area contributed by atoms with Gasteiger partial charge < -0.3 is 10.1 Å². The summed E-state index contributed by atoms with van der Waals surface area (Å²) in [5.74, 6) is 1.04. The van der Waals surface area contributed by atoms with E-state index in [2.05, 4.69) is 61.6 Å². The normalized spacial score (nSPS) is 18.4. The molecule has 0 bridgehead atoms. The van der Waals surface area contributed by atoms with Gasteiger partial charge in [-0.05, 0) is 61.3 Å². The number of fused-ring (bicyclic) bond motifs is 1. The Morgan fingerprint density at radius 2 is 1.95 bits per heavy atom. The lowest BCUT2D eigenvalue weighted by Gasteiger charge is -2.12. The lowest BCUT2D eigenvalue weighted by Crippen LogP contribution is -2.12. The third-order valence-corrected chi connectivity index (χ3v) is 4.05. The summed E-state index contributed by atoms with van der Waals surface area (Å²) in [6.07, 6.45) is 1.31. The molecule has 0 aliphatic carbocycles. The van der Waals surface area contributed by atoms with Crippen LogP contribution in [0.25, 0.3) is 11.1 Å². The van der Waals surface area contributed by atoms with Crippen molar-refractivity contribution in [3.8, 4) is 16.9 Å².